The van der Waals surface area contributed by atoms with Crippen molar-refractivity contribution in [2.24, 2.45) is 11.5 Å². The molecule has 0 saturated carbocycles. The molecular weight excluding hydrogens is 749 g/mol. The van der Waals surface area contributed by atoms with Gasteiger partial charge in [0.1, 0.15) is 5.66 Å². The Hall–Kier alpha value is -4.94. The van der Waals surface area contributed by atoms with Gasteiger partial charge >= 0.3 is 0 Å². The third-order valence-electron chi connectivity index (χ3n) is 11.3. The maximum absolute atomic E-state index is 16.4. The molecule has 0 fully saturated rings. The quantitative estimate of drug-likeness (QED) is 0.100. The predicted molar refractivity (Wildman–Crippen MR) is 229 cm³/mol. The largest absolute Gasteiger partial charge is 0.322 e. The Balaban J connectivity index is 1.80. The predicted octanol–water partition coefficient (Wildman–Crippen LogP) is 8.81. The minimum absolute atomic E-state index is 0.0304. The Morgan fingerprint density at radius 3 is 1.42 bits per heavy atom. The van der Waals surface area contributed by atoms with Gasteiger partial charge in [-0.15, -0.1) is 0 Å². The number of nitrogens with one attached hydrogen (secondary N) is 1. The molecule has 0 aliphatic carbocycles. The summed E-state index contributed by atoms with van der Waals surface area (Å²) in [5.41, 5.74) is 20.6. The molecule has 0 heterocycles. The maximum Gasteiger partial charge on any atom is 0.246 e. The third-order valence-corrected chi connectivity index (χ3v) is 14.9. The van der Waals surface area contributed by atoms with E-state index in [4.69, 9.17) is 11.5 Å². The van der Waals surface area contributed by atoms with Crippen molar-refractivity contribution in [3.05, 3.63) is 201 Å². The molecule has 0 amide bonds. The lowest BCUT2D eigenvalue weighted by atomic mass is 9.84. The van der Waals surface area contributed by atoms with Gasteiger partial charge in [-0.05, 0) is 122 Å². The van der Waals surface area contributed by atoms with Gasteiger partial charge in [-0.25, -0.2) is 16.8 Å². The molecule has 6 rings (SSSR count). The summed E-state index contributed by atoms with van der Waals surface area (Å²) in [5.74, 6) is 0. The van der Waals surface area contributed by atoms with Crippen molar-refractivity contribution in [1.82, 2.24) is 9.03 Å². The first kappa shape index (κ1) is 41.7. The number of benzene rings is 6. The number of nitrogens with zero attached hydrogens (tertiary/aromatic N) is 1. The van der Waals surface area contributed by atoms with Gasteiger partial charge in [0, 0.05) is 0 Å². The highest BCUT2D eigenvalue weighted by Crippen LogP contribution is 2.49. The summed E-state index contributed by atoms with van der Waals surface area (Å²) >= 11 is 0. The van der Waals surface area contributed by atoms with E-state index in [0.29, 0.717) is 33.4 Å². The lowest BCUT2D eigenvalue weighted by Crippen LogP contribution is -2.64. The lowest BCUT2D eigenvalue weighted by molar-refractivity contribution is 0.0897. The van der Waals surface area contributed by atoms with Crippen LogP contribution in [0.4, 0.5) is 0 Å². The number of aryl methyl sites for hydroxylation is 2. The number of rotatable bonds is 13. The monoisotopic (exact) mass is 800 g/mol. The average Bonchev–Trinajstić information content (AvgIpc) is 3.20. The van der Waals surface area contributed by atoms with Crippen molar-refractivity contribution in [2.45, 2.75) is 82.0 Å². The van der Waals surface area contributed by atoms with Crippen LogP contribution >= 0.6 is 0 Å². The molecule has 0 bridgehead atoms. The molecule has 4 atom stereocenters. The van der Waals surface area contributed by atoms with Crippen molar-refractivity contribution in [3.63, 3.8) is 0 Å². The SMILES string of the molecule is Cc1cc(C)cc(S(=O)(=O)NC(c2ccccc2)C(N)(c2ccccc2)N(C(c2ccccc2)C(N)c2ccccc2)S(=O)(=O)c2c(C)c(C)c(C)c(C)c2C)c1. The van der Waals surface area contributed by atoms with Crippen LogP contribution in [0.25, 0.3) is 0 Å². The fraction of sp³-hybridized carbons (Fsp3) is 0.234. The third kappa shape index (κ3) is 7.98. The molecule has 57 heavy (non-hydrogen) atoms. The molecule has 5 N–H and O–H groups in total. The molecule has 0 spiro atoms. The lowest BCUT2D eigenvalue weighted by Gasteiger charge is -2.50. The van der Waals surface area contributed by atoms with E-state index in [1.165, 1.54) is 4.31 Å². The molecule has 8 nitrogen and oxygen atoms in total. The number of hydrogen-bond acceptors (Lipinski definition) is 6. The minimum Gasteiger partial charge on any atom is -0.322 e. The van der Waals surface area contributed by atoms with Gasteiger partial charge < -0.3 is 11.5 Å². The second-order valence-corrected chi connectivity index (χ2v) is 18.5. The highest BCUT2D eigenvalue weighted by Gasteiger charge is 2.55. The Bertz CT molecular complexity index is 2540. The molecular formula is C47H52N4O4S2. The van der Waals surface area contributed by atoms with Gasteiger partial charge in [0.15, 0.2) is 0 Å². The fourth-order valence-corrected chi connectivity index (χ4v) is 11.9. The molecule has 6 aromatic rings. The zero-order chi connectivity index (χ0) is 41.3. The van der Waals surface area contributed by atoms with E-state index in [1.54, 1.807) is 60.7 Å². The van der Waals surface area contributed by atoms with E-state index < -0.39 is 43.8 Å². The molecule has 10 heteroatoms. The van der Waals surface area contributed by atoms with Crippen LogP contribution in [0.1, 0.15) is 79.3 Å². The summed E-state index contributed by atoms with van der Waals surface area (Å²) < 4.78 is 66.8. The van der Waals surface area contributed by atoms with E-state index in [-0.39, 0.29) is 9.79 Å². The van der Waals surface area contributed by atoms with Crippen LogP contribution in [0.2, 0.25) is 0 Å². The molecule has 0 saturated heterocycles. The first-order valence-corrected chi connectivity index (χ1v) is 21.9. The van der Waals surface area contributed by atoms with Crippen molar-refractivity contribution in [3.8, 4) is 0 Å². The van der Waals surface area contributed by atoms with Gasteiger partial charge in [0.05, 0.1) is 27.9 Å². The standard InChI is InChI=1S/C47H52N4O4S2/c1-31-28-32(2)30-42(29-31)56(52,53)50-46(40-24-16-10-17-25-40)47(49,41-26-18-11-19-27-41)51(57(54,55)45-36(6)34(4)33(3)35(5)37(45)7)44(39-22-14-9-15-23-39)43(48)38-20-12-8-13-21-38/h8-30,43-44,46,50H,48-49H2,1-7H3. The Morgan fingerprint density at radius 1 is 0.544 bits per heavy atom. The Morgan fingerprint density at radius 2 is 0.947 bits per heavy atom. The van der Waals surface area contributed by atoms with Gasteiger partial charge in [0.25, 0.3) is 0 Å². The van der Waals surface area contributed by atoms with Crippen LogP contribution in [0.5, 0.6) is 0 Å². The second kappa shape index (κ2) is 16.5. The zero-order valence-electron chi connectivity index (χ0n) is 33.6. The summed E-state index contributed by atoms with van der Waals surface area (Å²) in [6, 6.07) is 37.8. The topological polar surface area (TPSA) is 136 Å². The number of nitrogens with two attached hydrogens (primary N) is 2. The van der Waals surface area contributed by atoms with E-state index >= 15 is 8.42 Å². The van der Waals surface area contributed by atoms with Crippen LogP contribution in [0.15, 0.2) is 149 Å². The van der Waals surface area contributed by atoms with E-state index in [0.717, 1.165) is 27.8 Å². The first-order chi connectivity index (χ1) is 27.0. The van der Waals surface area contributed by atoms with Crippen LogP contribution in [-0.2, 0) is 25.7 Å². The second-order valence-electron chi connectivity index (χ2n) is 15.0. The maximum atomic E-state index is 16.4. The van der Waals surface area contributed by atoms with Gasteiger partial charge in [0.2, 0.25) is 20.0 Å². The van der Waals surface area contributed by atoms with Crippen LogP contribution in [0.3, 0.4) is 0 Å². The normalized spacial score (nSPS) is 14.8. The molecule has 296 valence electrons. The molecule has 0 aliphatic heterocycles. The highest BCUT2D eigenvalue weighted by atomic mass is 32.2. The molecule has 4 unspecified atom stereocenters. The minimum atomic E-state index is -4.72. The van der Waals surface area contributed by atoms with Crippen LogP contribution in [0, 0.1) is 48.5 Å². The van der Waals surface area contributed by atoms with Gasteiger partial charge in [-0.3, -0.25) is 0 Å². The van der Waals surface area contributed by atoms with E-state index in [1.807, 2.05) is 127 Å². The summed E-state index contributed by atoms with van der Waals surface area (Å²) in [6.07, 6.45) is 0. The fourth-order valence-electron chi connectivity index (χ4n) is 8.02. The highest BCUT2D eigenvalue weighted by molar-refractivity contribution is 7.89. The average molecular weight is 801 g/mol. The first-order valence-electron chi connectivity index (χ1n) is 19.0. The summed E-state index contributed by atoms with van der Waals surface area (Å²) in [5, 5.41) is 0. The van der Waals surface area contributed by atoms with Crippen molar-refractivity contribution in [2.75, 3.05) is 0 Å². The van der Waals surface area contributed by atoms with Gasteiger partial charge in [-0.2, -0.15) is 9.03 Å². The molecule has 0 aromatic heterocycles. The van der Waals surface area contributed by atoms with Crippen LogP contribution in [-0.4, -0.2) is 21.1 Å². The summed E-state index contributed by atoms with van der Waals surface area (Å²) in [6.45, 7) is 13.1. The van der Waals surface area contributed by atoms with E-state index in [9.17, 15) is 8.42 Å². The van der Waals surface area contributed by atoms with E-state index in [2.05, 4.69) is 4.72 Å². The Labute approximate surface area is 338 Å². The van der Waals surface area contributed by atoms with Crippen molar-refractivity contribution < 1.29 is 16.8 Å². The molecule has 0 radical (unpaired) electrons. The molecule has 0 aliphatic rings. The number of hydrogen-bond donors (Lipinski definition) is 3. The van der Waals surface area contributed by atoms with Gasteiger partial charge in [-0.1, -0.05) is 127 Å². The van der Waals surface area contributed by atoms with Crippen molar-refractivity contribution in [1.29, 1.82) is 0 Å². The van der Waals surface area contributed by atoms with Crippen molar-refractivity contribution >= 4 is 20.0 Å². The smallest absolute Gasteiger partial charge is 0.246 e. The summed E-state index contributed by atoms with van der Waals surface area (Å²) in [4.78, 5) is 0.127. The molecule has 6 aromatic carbocycles. The number of sulfonamides is 2. The zero-order valence-corrected chi connectivity index (χ0v) is 35.2. The van der Waals surface area contributed by atoms with Crippen LogP contribution < -0.4 is 16.2 Å². The Kier molecular flexibility index (Phi) is 12.1. The summed E-state index contributed by atoms with van der Waals surface area (Å²) in [7, 11) is -9.09.